The van der Waals surface area contributed by atoms with Gasteiger partial charge in [0.2, 0.25) is 76.8 Å². The number of aliphatic carboxylic acids is 1. The van der Waals surface area contributed by atoms with Gasteiger partial charge in [0, 0.05) is 95.6 Å². The summed E-state index contributed by atoms with van der Waals surface area (Å²) in [6.45, 7) is 8.72. The molecule has 1 aromatic heterocycles. The monoisotopic (exact) mass is 1890 g/mol. The van der Waals surface area contributed by atoms with Crippen LogP contribution in [-0.4, -0.2) is 266 Å². The number of nitrogens with one attached hydrogen (secondary N) is 10. The highest BCUT2D eigenvalue weighted by molar-refractivity contribution is 8.00. The molecule has 6 aromatic rings. The average molecular weight is 1890 g/mol. The number of nitrogens with zero attached hydrogens (tertiary/aromatic N) is 5. The Hall–Kier alpha value is -13.0. The Morgan fingerprint density at radius 1 is 0.545 bits per heavy atom. The highest BCUT2D eigenvalue weighted by Gasteiger charge is 2.46. The van der Waals surface area contributed by atoms with Gasteiger partial charge in [-0.1, -0.05) is 140 Å². The number of aromatic hydroxyl groups is 1. The lowest BCUT2D eigenvalue weighted by Gasteiger charge is -2.38. The third kappa shape index (κ3) is 30.5. The summed E-state index contributed by atoms with van der Waals surface area (Å²) in [6.07, 6.45) is -0.549. The Morgan fingerprint density at radius 2 is 1.11 bits per heavy atom. The number of amides is 16. The van der Waals surface area contributed by atoms with Crippen LogP contribution < -0.4 is 59.3 Å². The summed E-state index contributed by atoms with van der Waals surface area (Å²) in [7, 11) is 3.69. The van der Waals surface area contributed by atoms with Gasteiger partial charge in [-0.3, -0.25) is 76.8 Å². The number of carboxylic acid groups (broad SMARTS) is 1. The van der Waals surface area contributed by atoms with Crippen LogP contribution in [0.15, 0.2) is 121 Å². The minimum atomic E-state index is -1.91. The SMILES string of the molecule is CCCCCN1C(=O)N[C@@H](Cc2c[nH]c3ccccc23)C(=O)N[C@@H](Cc2ccc(O)cc2)C(=O)N[C@@H](CC(C)C)C(=O)N[C@H](C(=O)NCC(N)=O)CSCC(=O)N[C@@H](Cc2cc(F)c(F)c(F)c2)C(=O)N(C)[C@@H](Cc2ccc(F)cc2)C(=O)N(C)[C@@H](CCCC)C(=O)N2CCC[C@@H]2C(=O)N[C@@H](CCN)C(=O)N[C@@H](C(C)C)C(=O)N(C)[C@@H](Cc2ccccc2)C(=O)N[C@@H](CCC(=O)O)C1=O. The van der Waals surface area contributed by atoms with E-state index in [4.69, 9.17) is 11.5 Å². The van der Waals surface area contributed by atoms with E-state index >= 15 is 56.7 Å². The number of halogens is 4. The molecule has 16 amide bonds. The van der Waals surface area contributed by atoms with Crippen molar-refractivity contribution in [3.05, 3.63) is 173 Å². The predicted octanol–water partition coefficient (Wildman–Crippen LogP) is 4.36. The zero-order valence-corrected chi connectivity index (χ0v) is 77.4. The van der Waals surface area contributed by atoms with Crippen LogP contribution in [0.5, 0.6) is 5.75 Å². The first kappa shape index (κ1) is 106. The molecule has 40 heteroatoms. The highest BCUT2D eigenvalue weighted by atomic mass is 32.2. The fraction of sp³-hybridized carbons (Fsp3) is 0.489. The number of carboxylic acids is 1. The van der Waals surface area contributed by atoms with Crippen LogP contribution in [-0.2, 0) is 104 Å². The predicted molar refractivity (Wildman–Crippen MR) is 489 cm³/mol. The van der Waals surface area contributed by atoms with Gasteiger partial charge in [0.15, 0.2) is 17.5 Å². The smallest absolute Gasteiger partial charge is 0.324 e. The third-order valence-corrected chi connectivity index (χ3v) is 24.5. The second kappa shape index (κ2) is 51.3. The van der Waals surface area contributed by atoms with Gasteiger partial charge in [-0.25, -0.2) is 22.4 Å². The lowest BCUT2D eigenvalue weighted by atomic mass is 9.98. The number of imide groups is 1. The van der Waals surface area contributed by atoms with Crippen molar-refractivity contribution in [3.8, 4) is 5.75 Å². The van der Waals surface area contributed by atoms with E-state index < -0.39 is 259 Å². The van der Waals surface area contributed by atoms with Crippen LogP contribution >= 0.6 is 11.8 Å². The number of carbonyl (C=O) groups excluding carboxylic acids is 15. The summed E-state index contributed by atoms with van der Waals surface area (Å²) < 4.78 is 59.8. The lowest BCUT2D eigenvalue weighted by Crippen LogP contribution is -2.62. The fourth-order valence-electron chi connectivity index (χ4n) is 16.0. The molecule has 0 saturated carbocycles. The molecule has 5 aromatic carbocycles. The highest BCUT2D eigenvalue weighted by Crippen LogP contribution is 2.28. The molecule has 35 nitrogen and oxygen atoms in total. The van der Waals surface area contributed by atoms with E-state index in [1.54, 1.807) is 88.5 Å². The van der Waals surface area contributed by atoms with Gasteiger partial charge in [-0.15, -0.1) is 11.8 Å². The zero-order valence-electron chi connectivity index (χ0n) is 76.6. The Bertz CT molecular complexity index is 5110. The van der Waals surface area contributed by atoms with Crippen molar-refractivity contribution in [2.24, 2.45) is 23.3 Å². The van der Waals surface area contributed by atoms with Crippen molar-refractivity contribution in [3.63, 3.8) is 0 Å². The van der Waals surface area contributed by atoms with Gasteiger partial charge < -0.3 is 94.1 Å². The van der Waals surface area contributed by atoms with Crippen LogP contribution in [0.3, 0.4) is 0 Å². The van der Waals surface area contributed by atoms with Crippen LogP contribution in [0.25, 0.3) is 10.9 Å². The number of hydrogen-bond acceptors (Lipinski definition) is 19. The first-order valence-corrected chi connectivity index (χ1v) is 46.0. The van der Waals surface area contributed by atoms with E-state index in [0.29, 0.717) is 77.2 Å². The Morgan fingerprint density at radius 3 is 1.75 bits per heavy atom. The molecule has 3 heterocycles. The maximum Gasteiger partial charge on any atom is 0.324 e. The molecule has 0 unspecified atom stereocenters. The molecule has 16 N–H and O–H groups in total. The third-order valence-electron chi connectivity index (χ3n) is 23.4. The molecule has 0 radical (unpaired) electrons. The number of para-hydroxylation sites is 1. The summed E-state index contributed by atoms with van der Waals surface area (Å²) in [6, 6.07) is 5.76. The molecule has 2 aliphatic heterocycles. The zero-order chi connectivity index (χ0) is 98.3. The van der Waals surface area contributed by atoms with Crippen molar-refractivity contribution < 1.29 is 104 Å². The Balaban J connectivity index is 1.26. The Labute approximate surface area is 779 Å². The normalized spacial score (nSPS) is 22.5. The number of fused-ring (bicyclic) bond motifs is 2. The molecule has 0 spiro atoms. The van der Waals surface area contributed by atoms with Crippen LogP contribution in [0.2, 0.25) is 0 Å². The van der Waals surface area contributed by atoms with Crippen LogP contribution in [0, 0.1) is 35.1 Å². The van der Waals surface area contributed by atoms with Crippen molar-refractivity contribution >= 4 is 117 Å². The number of aromatic amines is 1. The largest absolute Gasteiger partial charge is 0.508 e. The number of benzene rings is 5. The maximum absolute atomic E-state index is 15.7. The van der Waals surface area contributed by atoms with Crippen molar-refractivity contribution in [1.82, 2.24) is 77.3 Å². The summed E-state index contributed by atoms with van der Waals surface area (Å²) in [5.41, 5.74) is 13.3. The molecule has 8 rings (SSSR count). The number of H-pyrrole nitrogens is 1. The molecule has 0 aliphatic carbocycles. The second-order valence-corrected chi connectivity index (χ2v) is 35.5. The average Bonchev–Trinajstić information content (AvgIpc) is 1.42. The van der Waals surface area contributed by atoms with Gasteiger partial charge in [-0.05, 0) is 134 Å². The summed E-state index contributed by atoms with van der Waals surface area (Å²) >= 11 is 0.650. The van der Waals surface area contributed by atoms with E-state index in [1.165, 1.54) is 55.4 Å². The molecule has 0 bridgehead atoms. The molecular formula is C94H123F4N17O18S. The number of unbranched alkanes of at least 4 members (excludes halogenated alkanes) is 3. The van der Waals surface area contributed by atoms with Crippen molar-refractivity contribution in [1.29, 1.82) is 0 Å². The number of thioether (sulfide) groups is 1. The minimum absolute atomic E-state index is 0.0278. The number of phenols is 1. The number of carbonyl (C=O) groups is 16. The molecule has 2 fully saturated rings. The number of urea groups is 1. The number of phenolic OH excluding ortho intramolecular Hbond substituents is 1. The first-order valence-electron chi connectivity index (χ1n) is 44.9. The number of hydrogen-bond donors (Lipinski definition) is 14. The molecule has 12 atom stereocenters. The lowest BCUT2D eigenvalue weighted by molar-refractivity contribution is -0.152. The number of aromatic nitrogens is 1. The number of rotatable bonds is 28. The Kier molecular flexibility index (Phi) is 40.7. The van der Waals surface area contributed by atoms with Gasteiger partial charge in [0.1, 0.15) is 84.1 Å². The van der Waals surface area contributed by atoms with Crippen molar-refractivity contribution in [2.45, 2.75) is 223 Å². The molecule has 134 heavy (non-hydrogen) atoms. The van der Waals surface area contributed by atoms with Crippen LogP contribution in [0.1, 0.15) is 146 Å². The summed E-state index contributed by atoms with van der Waals surface area (Å²) in [5, 5.41) is 44.9. The topological polar surface area (TPSA) is 506 Å². The van der Waals surface area contributed by atoms with E-state index in [2.05, 4.69) is 52.8 Å². The quantitative estimate of drug-likeness (QED) is 0.0184. The molecular weight excluding hydrogens is 1760 g/mol. The molecule has 726 valence electrons. The number of nitrogens with two attached hydrogens (primary N) is 2. The first-order chi connectivity index (χ1) is 63.7. The van der Waals surface area contributed by atoms with E-state index in [9.17, 15) is 47.8 Å². The van der Waals surface area contributed by atoms with E-state index in [-0.39, 0.29) is 81.3 Å². The van der Waals surface area contributed by atoms with Gasteiger partial charge in [-0.2, -0.15) is 0 Å². The van der Waals surface area contributed by atoms with Gasteiger partial charge in [0.05, 0.1) is 12.3 Å². The minimum Gasteiger partial charge on any atom is -0.508 e. The second-order valence-electron chi connectivity index (χ2n) is 34.5. The fourth-order valence-corrected chi connectivity index (χ4v) is 16.9. The van der Waals surface area contributed by atoms with Gasteiger partial charge in [0.25, 0.3) is 5.91 Å². The molecule has 2 aliphatic rings. The summed E-state index contributed by atoms with van der Waals surface area (Å²) in [4.78, 5) is 246. The number of likely N-dealkylation sites (N-methyl/N-ethyl adjacent to an activating group) is 3. The number of primary amides is 1. The van der Waals surface area contributed by atoms with Crippen molar-refractivity contribution in [2.75, 3.05) is 58.8 Å². The van der Waals surface area contributed by atoms with E-state index in [1.807, 2.05) is 13.8 Å². The molecule has 2 saturated heterocycles. The van der Waals surface area contributed by atoms with E-state index in [0.717, 1.165) is 38.8 Å². The maximum atomic E-state index is 15.7. The van der Waals surface area contributed by atoms with Gasteiger partial charge >= 0.3 is 12.0 Å². The van der Waals surface area contributed by atoms with Crippen LogP contribution in [0.4, 0.5) is 22.4 Å². The summed E-state index contributed by atoms with van der Waals surface area (Å²) in [5.74, 6) is -24.0. The standard InChI is InChI=1S/C94H123F4N17O18S/c1-10-12-19-39-115-90(129)67(35-36-79(119)120)105-88(127)75(46-55-21-15-14-16-22-55)112(8)93(132)81(54(5)6)110-83(122)66(37-38-99)104-87(126)73-26-20-40-114(73)92(131)74(25-13-11-2)111(7)91(130)76(47-57-27-31-60(95)32-28-57)113(9)89(128)71(45-58-42-63(96)80(98)64(97)43-58)103-78(118)52-134-51-72(82(121)102-50-77(100)117)108-84(123)68(41-53(3)4)106-85(124)69(44-56-29-33-61(116)34-30-56)107-86(125)70(109-94(115)133)48-59-49-101-65-24-18-17-23-62(59)65/h14-18,21-24,27-34,42-43,49,53-54,66-76,81,101,116H,10-13,19-20,25-26,35-41,44-48,50-52,99H2,1-9H3,(H2,100,117)(H,102,121)(H,103,118)(H,104,126)(H,105,127)(H,106,124)(H,107,125)(H,108,123)(H,109,133)(H,110,122)(H,119,120)/t66-,67-,68-,69-,70-,71-,72-,73+,74-,75-,76-,81-/m0/s1.